The van der Waals surface area contributed by atoms with Gasteiger partial charge in [-0.1, -0.05) is 6.07 Å². The van der Waals surface area contributed by atoms with Crippen LogP contribution in [0.25, 0.3) is 0 Å². The lowest BCUT2D eigenvalue weighted by Gasteiger charge is -2.06. The highest BCUT2D eigenvalue weighted by Gasteiger charge is 2.07. The highest BCUT2D eigenvalue weighted by molar-refractivity contribution is 9.10. The molecule has 0 saturated heterocycles. The molecule has 96 valence electrons. The number of hydrogen-bond donors (Lipinski definition) is 2. The lowest BCUT2D eigenvalue weighted by molar-refractivity contribution is -0.105. The molecule has 1 aromatic carbocycles. The summed E-state index contributed by atoms with van der Waals surface area (Å²) in [5.74, 6) is -0.294. The molecule has 6 heteroatoms. The zero-order valence-corrected chi connectivity index (χ0v) is 11.3. The van der Waals surface area contributed by atoms with E-state index in [0.29, 0.717) is 28.1 Å². The Balaban J connectivity index is 2.08. The van der Waals surface area contributed by atoms with E-state index < -0.39 is 0 Å². The summed E-state index contributed by atoms with van der Waals surface area (Å²) in [5, 5.41) is 5.23. The van der Waals surface area contributed by atoms with E-state index in [1.165, 1.54) is 0 Å². The Morgan fingerprint density at radius 1 is 1.11 bits per heavy atom. The van der Waals surface area contributed by atoms with Crippen molar-refractivity contribution in [2.75, 3.05) is 10.6 Å². The number of halogens is 1. The summed E-state index contributed by atoms with van der Waals surface area (Å²) in [6.07, 6.45) is 0.596. The molecule has 0 unspecified atom stereocenters. The number of nitrogens with zero attached hydrogens (tertiary/aromatic N) is 1. The van der Waals surface area contributed by atoms with Crippen LogP contribution in [0.3, 0.4) is 0 Å². The fourth-order valence-corrected chi connectivity index (χ4v) is 1.79. The van der Waals surface area contributed by atoms with Crippen LogP contribution in [0.5, 0.6) is 0 Å². The number of amides is 2. The van der Waals surface area contributed by atoms with Gasteiger partial charge in [-0.15, -0.1) is 0 Å². The van der Waals surface area contributed by atoms with Crippen molar-refractivity contribution in [3.05, 3.63) is 52.8 Å². The third kappa shape index (κ3) is 3.62. The van der Waals surface area contributed by atoms with Gasteiger partial charge in [0.2, 0.25) is 6.41 Å². The summed E-state index contributed by atoms with van der Waals surface area (Å²) < 4.78 is 0.602. The molecule has 1 aromatic heterocycles. The van der Waals surface area contributed by atoms with Gasteiger partial charge in [0.25, 0.3) is 5.91 Å². The first-order valence-electron chi connectivity index (χ1n) is 5.43. The fraction of sp³-hybridized carbons (Fsp3) is 0. The Morgan fingerprint density at radius 3 is 2.42 bits per heavy atom. The molecule has 2 amide bonds. The molecule has 2 aromatic rings. The first-order chi connectivity index (χ1) is 9.19. The minimum atomic E-state index is -0.294. The average molecular weight is 320 g/mol. The second-order valence-electron chi connectivity index (χ2n) is 3.64. The van der Waals surface area contributed by atoms with Crippen LogP contribution >= 0.6 is 15.9 Å². The van der Waals surface area contributed by atoms with E-state index in [0.717, 1.165) is 0 Å². The monoisotopic (exact) mass is 319 g/mol. The predicted octanol–water partition coefficient (Wildman–Crippen LogP) is 2.66. The third-order valence-corrected chi connectivity index (χ3v) is 2.76. The summed E-state index contributed by atoms with van der Waals surface area (Å²) in [6, 6.07) is 11.9. The summed E-state index contributed by atoms with van der Waals surface area (Å²) in [5.41, 5.74) is 1.61. The maximum Gasteiger partial charge on any atom is 0.274 e. The standard InChI is InChI=1S/C13H10BrN3O2/c14-12-3-1-2-11(17-12)13(19)16-10-6-4-9(5-7-10)15-8-18/h1-8H,(H,15,18)(H,16,19). The second kappa shape index (κ2) is 6.10. The van der Waals surface area contributed by atoms with Crippen LogP contribution in [0.2, 0.25) is 0 Å². The molecule has 0 aliphatic heterocycles. The van der Waals surface area contributed by atoms with Gasteiger partial charge >= 0.3 is 0 Å². The Labute approximate surface area is 118 Å². The topological polar surface area (TPSA) is 71.1 Å². The zero-order chi connectivity index (χ0) is 13.7. The minimum absolute atomic E-state index is 0.294. The lowest BCUT2D eigenvalue weighted by Crippen LogP contribution is -2.13. The van der Waals surface area contributed by atoms with Gasteiger partial charge in [-0.2, -0.15) is 0 Å². The molecule has 0 spiro atoms. The van der Waals surface area contributed by atoms with Crippen LogP contribution < -0.4 is 10.6 Å². The molecule has 2 rings (SSSR count). The number of benzene rings is 1. The maximum absolute atomic E-state index is 11.9. The third-order valence-electron chi connectivity index (χ3n) is 2.32. The number of hydrogen-bond acceptors (Lipinski definition) is 3. The summed E-state index contributed by atoms with van der Waals surface area (Å²) in [7, 11) is 0. The van der Waals surface area contributed by atoms with Gasteiger partial charge in [-0.3, -0.25) is 9.59 Å². The summed E-state index contributed by atoms with van der Waals surface area (Å²) in [4.78, 5) is 26.2. The van der Waals surface area contributed by atoms with Crippen molar-refractivity contribution in [1.82, 2.24) is 4.98 Å². The Bertz CT molecular complexity index is 599. The van der Waals surface area contributed by atoms with Crippen molar-refractivity contribution in [1.29, 1.82) is 0 Å². The van der Waals surface area contributed by atoms with Gasteiger partial charge in [0.05, 0.1) is 0 Å². The number of anilines is 2. The van der Waals surface area contributed by atoms with Gasteiger partial charge in [-0.05, 0) is 52.3 Å². The van der Waals surface area contributed by atoms with E-state index in [1.807, 2.05) is 0 Å². The van der Waals surface area contributed by atoms with E-state index in [1.54, 1.807) is 42.5 Å². The van der Waals surface area contributed by atoms with E-state index in [4.69, 9.17) is 0 Å². The smallest absolute Gasteiger partial charge is 0.274 e. The number of aromatic nitrogens is 1. The lowest BCUT2D eigenvalue weighted by atomic mass is 10.2. The van der Waals surface area contributed by atoms with Crippen molar-refractivity contribution >= 4 is 39.6 Å². The Morgan fingerprint density at radius 2 is 1.79 bits per heavy atom. The van der Waals surface area contributed by atoms with Crippen LogP contribution in [-0.2, 0) is 4.79 Å². The first-order valence-corrected chi connectivity index (χ1v) is 6.22. The van der Waals surface area contributed by atoms with E-state index in [-0.39, 0.29) is 5.91 Å². The molecule has 0 aliphatic carbocycles. The summed E-state index contributed by atoms with van der Waals surface area (Å²) in [6.45, 7) is 0. The van der Waals surface area contributed by atoms with Gasteiger partial charge in [0, 0.05) is 11.4 Å². The first kappa shape index (κ1) is 13.2. The molecule has 0 bridgehead atoms. The fourth-order valence-electron chi connectivity index (χ4n) is 1.45. The van der Waals surface area contributed by atoms with Crippen LogP contribution in [-0.4, -0.2) is 17.3 Å². The number of carbonyl (C=O) groups is 2. The van der Waals surface area contributed by atoms with E-state index in [9.17, 15) is 9.59 Å². The Kier molecular flexibility index (Phi) is 4.25. The molecule has 19 heavy (non-hydrogen) atoms. The largest absolute Gasteiger partial charge is 0.329 e. The van der Waals surface area contributed by atoms with E-state index in [2.05, 4.69) is 31.5 Å². The van der Waals surface area contributed by atoms with Crippen molar-refractivity contribution in [3.8, 4) is 0 Å². The average Bonchev–Trinajstić information content (AvgIpc) is 2.41. The van der Waals surface area contributed by atoms with Crippen LogP contribution in [0, 0.1) is 0 Å². The van der Waals surface area contributed by atoms with Crippen molar-refractivity contribution in [2.45, 2.75) is 0 Å². The van der Waals surface area contributed by atoms with Gasteiger partial charge < -0.3 is 10.6 Å². The van der Waals surface area contributed by atoms with Crippen molar-refractivity contribution in [3.63, 3.8) is 0 Å². The molecule has 0 radical (unpaired) electrons. The molecule has 2 N–H and O–H groups in total. The second-order valence-corrected chi connectivity index (χ2v) is 4.45. The van der Waals surface area contributed by atoms with Gasteiger partial charge in [-0.25, -0.2) is 4.98 Å². The molecule has 0 atom stereocenters. The predicted molar refractivity (Wildman–Crippen MR) is 76.0 cm³/mol. The van der Waals surface area contributed by atoms with E-state index >= 15 is 0 Å². The zero-order valence-electron chi connectivity index (χ0n) is 9.76. The van der Waals surface area contributed by atoms with Crippen molar-refractivity contribution < 1.29 is 9.59 Å². The number of pyridine rings is 1. The van der Waals surface area contributed by atoms with Gasteiger partial charge in [0.15, 0.2) is 0 Å². The van der Waals surface area contributed by atoms with Crippen LogP contribution in [0.15, 0.2) is 47.1 Å². The number of carbonyl (C=O) groups excluding carboxylic acids is 2. The molecule has 5 nitrogen and oxygen atoms in total. The maximum atomic E-state index is 11.9. The molecular formula is C13H10BrN3O2. The Hall–Kier alpha value is -2.21. The molecule has 1 heterocycles. The van der Waals surface area contributed by atoms with Crippen molar-refractivity contribution in [2.24, 2.45) is 0 Å². The highest BCUT2D eigenvalue weighted by Crippen LogP contribution is 2.14. The highest BCUT2D eigenvalue weighted by atomic mass is 79.9. The minimum Gasteiger partial charge on any atom is -0.329 e. The molecular weight excluding hydrogens is 310 g/mol. The molecule has 0 aliphatic rings. The molecule has 0 fully saturated rings. The summed E-state index contributed by atoms with van der Waals surface area (Å²) >= 11 is 3.21. The molecule has 0 saturated carbocycles. The van der Waals surface area contributed by atoms with Crippen LogP contribution in [0.1, 0.15) is 10.5 Å². The number of rotatable bonds is 4. The number of nitrogens with one attached hydrogen (secondary N) is 2. The SMILES string of the molecule is O=CNc1ccc(NC(=O)c2cccc(Br)n2)cc1. The van der Waals surface area contributed by atoms with Gasteiger partial charge in [0.1, 0.15) is 10.3 Å². The normalized spacial score (nSPS) is 9.74. The quantitative estimate of drug-likeness (QED) is 0.672. The van der Waals surface area contributed by atoms with Crippen LogP contribution in [0.4, 0.5) is 11.4 Å².